The third-order valence-corrected chi connectivity index (χ3v) is 2.61. The average Bonchev–Trinajstić information content (AvgIpc) is 2.70. The SMILES string of the molecule is Cc1cc(NC(=O)c2ccoc2Cl)ccc1O. The molecule has 0 radical (unpaired) electrons. The van der Waals surface area contributed by atoms with Crippen molar-refractivity contribution in [1.82, 2.24) is 0 Å². The van der Waals surface area contributed by atoms with Gasteiger partial charge in [0.2, 0.25) is 5.22 Å². The first-order chi connectivity index (χ1) is 8.08. The Hall–Kier alpha value is -1.94. The number of rotatable bonds is 2. The van der Waals surface area contributed by atoms with Gasteiger partial charge in [0.1, 0.15) is 5.75 Å². The molecule has 0 spiro atoms. The van der Waals surface area contributed by atoms with Crippen LogP contribution in [0, 0.1) is 6.92 Å². The van der Waals surface area contributed by atoms with E-state index in [-0.39, 0.29) is 22.4 Å². The predicted octanol–water partition coefficient (Wildman–Crippen LogP) is 3.20. The number of carbonyl (C=O) groups is 1. The second kappa shape index (κ2) is 4.51. The van der Waals surface area contributed by atoms with Crippen molar-refractivity contribution in [2.75, 3.05) is 5.32 Å². The minimum atomic E-state index is -0.353. The van der Waals surface area contributed by atoms with Gasteiger partial charge in [0.25, 0.3) is 5.91 Å². The Morgan fingerprint density at radius 3 is 2.76 bits per heavy atom. The molecule has 88 valence electrons. The molecule has 0 aliphatic rings. The van der Waals surface area contributed by atoms with Gasteiger partial charge in [-0.3, -0.25) is 4.79 Å². The minimum absolute atomic E-state index is 0.0537. The summed E-state index contributed by atoms with van der Waals surface area (Å²) in [5.41, 5.74) is 1.54. The Balaban J connectivity index is 2.19. The first-order valence-corrected chi connectivity index (χ1v) is 5.29. The number of halogens is 1. The first-order valence-electron chi connectivity index (χ1n) is 4.92. The lowest BCUT2D eigenvalue weighted by molar-refractivity contribution is 0.102. The summed E-state index contributed by atoms with van der Waals surface area (Å²) < 4.78 is 4.83. The second-order valence-corrected chi connectivity index (χ2v) is 3.91. The number of amides is 1. The molecule has 0 aliphatic heterocycles. The summed E-state index contributed by atoms with van der Waals surface area (Å²) in [7, 11) is 0. The second-order valence-electron chi connectivity index (χ2n) is 3.56. The molecule has 17 heavy (non-hydrogen) atoms. The molecule has 0 bridgehead atoms. The third kappa shape index (κ3) is 2.42. The van der Waals surface area contributed by atoms with E-state index in [0.29, 0.717) is 11.3 Å². The number of phenolic OH excluding ortho intramolecular Hbond substituents is 1. The molecule has 2 N–H and O–H groups in total. The molecular weight excluding hydrogens is 242 g/mol. The van der Waals surface area contributed by atoms with Gasteiger partial charge in [-0.25, -0.2) is 0 Å². The lowest BCUT2D eigenvalue weighted by atomic mass is 10.2. The maximum atomic E-state index is 11.8. The van der Waals surface area contributed by atoms with E-state index in [1.54, 1.807) is 19.1 Å². The van der Waals surface area contributed by atoms with Crippen LogP contribution in [-0.4, -0.2) is 11.0 Å². The summed E-state index contributed by atoms with van der Waals surface area (Å²) >= 11 is 5.69. The monoisotopic (exact) mass is 251 g/mol. The van der Waals surface area contributed by atoms with Crippen LogP contribution in [0.25, 0.3) is 0 Å². The molecule has 0 fully saturated rings. The Labute approximate surface area is 103 Å². The van der Waals surface area contributed by atoms with Crippen molar-refractivity contribution in [2.24, 2.45) is 0 Å². The van der Waals surface area contributed by atoms with Gasteiger partial charge in [-0.15, -0.1) is 0 Å². The van der Waals surface area contributed by atoms with Gasteiger partial charge < -0.3 is 14.8 Å². The number of aromatic hydroxyl groups is 1. The van der Waals surface area contributed by atoms with Crippen LogP contribution in [0.2, 0.25) is 5.22 Å². The zero-order chi connectivity index (χ0) is 12.4. The quantitative estimate of drug-likeness (QED) is 0.806. The maximum absolute atomic E-state index is 11.8. The molecule has 0 saturated heterocycles. The van der Waals surface area contributed by atoms with E-state index in [0.717, 1.165) is 0 Å². The first kappa shape index (κ1) is 11.5. The topological polar surface area (TPSA) is 62.5 Å². The van der Waals surface area contributed by atoms with Crippen molar-refractivity contribution in [3.63, 3.8) is 0 Å². The highest BCUT2D eigenvalue weighted by Gasteiger charge is 2.13. The van der Waals surface area contributed by atoms with E-state index in [9.17, 15) is 9.90 Å². The number of furan rings is 1. The lowest BCUT2D eigenvalue weighted by Gasteiger charge is -2.05. The minimum Gasteiger partial charge on any atom is -0.508 e. The van der Waals surface area contributed by atoms with Crippen LogP contribution in [0.1, 0.15) is 15.9 Å². The molecule has 0 aliphatic carbocycles. The van der Waals surface area contributed by atoms with Crippen molar-refractivity contribution in [1.29, 1.82) is 0 Å². The highest BCUT2D eigenvalue weighted by Crippen LogP contribution is 2.22. The molecule has 0 atom stereocenters. The Morgan fingerprint density at radius 1 is 1.41 bits per heavy atom. The number of phenols is 1. The van der Waals surface area contributed by atoms with Crippen molar-refractivity contribution in [3.05, 3.63) is 46.9 Å². The molecule has 1 heterocycles. The van der Waals surface area contributed by atoms with E-state index < -0.39 is 0 Å². The Morgan fingerprint density at radius 2 is 2.18 bits per heavy atom. The van der Waals surface area contributed by atoms with Gasteiger partial charge in [-0.2, -0.15) is 0 Å². The average molecular weight is 252 g/mol. The van der Waals surface area contributed by atoms with Crippen molar-refractivity contribution in [3.8, 4) is 5.75 Å². The summed E-state index contributed by atoms with van der Waals surface area (Å²) in [5, 5.41) is 12.1. The number of benzene rings is 1. The third-order valence-electron chi connectivity index (χ3n) is 2.32. The standard InChI is InChI=1S/C12H10ClNO3/c1-7-6-8(2-3-10(7)15)14-12(16)9-4-5-17-11(9)13/h2-6,15H,1H3,(H,14,16). The summed E-state index contributed by atoms with van der Waals surface area (Å²) in [6.45, 7) is 1.75. The highest BCUT2D eigenvalue weighted by molar-refractivity contribution is 6.32. The number of nitrogens with one attached hydrogen (secondary N) is 1. The maximum Gasteiger partial charge on any atom is 0.260 e. The highest BCUT2D eigenvalue weighted by atomic mass is 35.5. The Bertz CT molecular complexity index is 563. The summed E-state index contributed by atoms with van der Waals surface area (Å²) in [6, 6.07) is 6.28. The smallest absolute Gasteiger partial charge is 0.260 e. The van der Waals surface area contributed by atoms with Crippen LogP contribution in [0.15, 0.2) is 34.9 Å². The normalized spacial score (nSPS) is 10.2. The van der Waals surface area contributed by atoms with Crippen molar-refractivity contribution in [2.45, 2.75) is 6.92 Å². The van der Waals surface area contributed by atoms with Gasteiger partial charge in [0.05, 0.1) is 11.8 Å². The zero-order valence-electron chi connectivity index (χ0n) is 9.03. The summed E-state index contributed by atoms with van der Waals surface area (Å²) in [5.74, 6) is -0.168. The number of hydrogen-bond acceptors (Lipinski definition) is 3. The molecule has 2 rings (SSSR count). The number of aryl methyl sites for hydroxylation is 1. The van der Waals surface area contributed by atoms with Crippen molar-refractivity contribution < 1.29 is 14.3 Å². The fourth-order valence-electron chi connectivity index (χ4n) is 1.39. The van der Waals surface area contributed by atoms with E-state index in [1.807, 2.05) is 0 Å². The van der Waals surface area contributed by atoms with Gasteiger partial charge >= 0.3 is 0 Å². The van der Waals surface area contributed by atoms with Gasteiger partial charge in [0.15, 0.2) is 0 Å². The van der Waals surface area contributed by atoms with Gasteiger partial charge in [-0.1, -0.05) is 0 Å². The fraction of sp³-hybridized carbons (Fsp3) is 0.0833. The van der Waals surface area contributed by atoms with Crippen LogP contribution in [-0.2, 0) is 0 Å². The lowest BCUT2D eigenvalue weighted by Crippen LogP contribution is -2.11. The van der Waals surface area contributed by atoms with Gasteiger partial charge in [-0.05, 0) is 48.4 Å². The summed E-state index contributed by atoms with van der Waals surface area (Å²) in [4.78, 5) is 11.8. The summed E-state index contributed by atoms with van der Waals surface area (Å²) in [6.07, 6.45) is 1.35. The van der Waals surface area contributed by atoms with E-state index >= 15 is 0 Å². The predicted molar refractivity (Wildman–Crippen MR) is 64.5 cm³/mol. The van der Waals surface area contributed by atoms with E-state index in [4.69, 9.17) is 16.0 Å². The van der Waals surface area contributed by atoms with Gasteiger partial charge in [0, 0.05) is 5.69 Å². The molecule has 1 amide bonds. The molecule has 1 aromatic carbocycles. The van der Waals surface area contributed by atoms with Crippen LogP contribution < -0.4 is 5.32 Å². The molecule has 1 aromatic heterocycles. The van der Waals surface area contributed by atoms with Crippen LogP contribution >= 0.6 is 11.6 Å². The number of carbonyl (C=O) groups excluding carboxylic acids is 1. The molecule has 2 aromatic rings. The Kier molecular flexibility index (Phi) is 3.06. The van der Waals surface area contributed by atoms with Crippen molar-refractivity contribution >= 4 is 23.2 Å². The van der Waals surface area contributed by atoms with E-state index in [1.165, 1.54) is 18.4 Å². The van der Waals surface area contributed by atoms with Crippen LogP contribution in [0.3, 0.4) is 0 Å². The molecule has 5 heteroatoms. The molecule has 4 nitrogen and oxygen atoms in total. The van der Waals surface area contributed by atoms with Crippen LogP contribution in [0.5, 0.6) is 5.75 Å². The number of hydrogen-bond donors (Lipinski definition) is 2. The van der Waals surface area contributed by atoms with Crippen LogP contribution in [0.4, 0.5) is 5.69 Å². The molecule has 0 saturated carbocycles. The fourth-order valence-corrected chi connectivity index (χ4v) is 1.59. The molecular formula is C12H10ClNO3. The zero-order valence-corrected chi connectivity index (χ0v) is 9.78. The molecule has 0 unspecified atom stereocenters. The number of anilines is 1. The van der Waals surface area contributed by atoms with E-state index in [2.05, 4.69) is 5.32 Å². The largest absolute Gasteiger partial charge is 0.508 e.